The van der Waals surface area contributed by atoms with Gasteiger partial charge in [-0.15, -0.1) is 0 Å². The van der Waals surface area contributed by atoms with Gasteiger partial charge in [-0.1, -0.05) is 29.8 Å². The molecular formula is C22H14ClF2NO5S. The molecule has 2 atom stereocenters. The van der Waals surface area contributed by atoms with Gasteiger partial charge in [-0.05, 0) is 23.8 Å². The summed E-state index contributed by atoms with van der Waals surface area (Å²) in [6, 6.07) is 9.32. The van der Waals surface area contributed by atoms with Gasteiger partial charge in [0.05, 0.1) is 16.3 Å². The summed E-state index contributed by atoms with van der Waals surface area (Å²) in [5.41, 5.74) is 0.872. The molecule has 10 heteroatoms. The number of para-hydroxylation sites is 1. The van der Waals surface area contributed by atoms with Gasteiger partial charge in [-0.2, -0.15) is 0 Å². The highest BCUT2D eigenvalue weighted by molar-refractivity contribution is 7.86. The van der Waals surface area contributed by atoms with Crippen LogP contribution in [0, 0.1) is 11.6 Å². The van der Waals surface area contributed by atoms with Crippen LogP contribution in [0.2, 0.25) is 5.02 Å². The van der Waals surface area contributed by atoms with Crippen molar-refractivity contribution in [1.82, 2.24) is 0 Å². The third kappa shape index (κ3) is 3.47. The second-order valence-electron chi connectivity index (χ2n) is 7.32. The number of esters is 1. The molecule has 0 amide bonds. The molecule has 0 aliphatic carbocycles. The van der Waals surface area contributed by atoms with Crippen LogP contribution in [0.4, 0.5) is 14.5 Å². The minimum Gasteiger partial charge on any atom is -0.505 e. The molecule has 164 valence electrons. The molecule has 2 heterocycles. The fourth-order valence-electron chi connectivity index (χ4n) is 3.72. The predicted molar refractivity (Wildman–Crippen MR) is 113 cm³/mol. The number of cyclic esters (lactones) is 1. The average Bonchev–Trinajstić information content (AvgIpc) is 3.18. The summed E-state index contributed by atoms with van der Waals surface area (Å²) < 4.78 is 55.8. The van der Waals surface area contributed by atoms with Crippen molar-refractivity contribution in [3.63, 3.8) is 0 Å². The molecule has 6 bridgehead atoms. The first-order valence-corrected chi connectivity index (χ1v) is 11.0. The van der Waals surface area contributed by atoms with Crippen molar-refractivity contribution >= 4 is 34.2 Å². The summed E-state index contributed by atoms with van der Waals surface area (Å²) in [6.45, 7) is -0.0979. The van der Waals surface area contributed by atoms with Crippen LogP contribution in [-0.2, 0) is 22.1 Å². The predicted octanol–water partition coefficient (Wildman–Crippen LogP) is 4.60. The second kappa shape index (κ2) is 7.75. The van der Waals surface area contributed by atoms with Crippen molar-refractivity contribution in [2.75, 3.05) is 11.3 Å². The van der Waals surface area contributed by atoms with E-state index in [2.05, 4.69) is 4.72 Å². The molecule has 2 unspecified atom stereocenters. The number of phenolic OH excluding ortho intramolecular Hbond substituents is 1. The zero-order valence-electron chi connectivity index (χ0n) is 16.2. The van der Waals surface area contributed by atoms with E-state index in [1.54, 1.807) is 12.1 Å². The van der Waals surface area contributed by atoms with Crippen LogP contribution < -0.4 is 9.46 Å². The zero-order valence-corrected chi connectivity index (χ0v) is 17.7. The SMILES string of the molecule is O=C1OCC2Cc3cccc(c3O2)-c2cc(c(F)cc2F)NS(=O)c2cc1cc(Cl)c2O. The highest BCUT2D eigenvalue weighted by atomic mass is 35.5. The quantitative estimate of drug-likeness (QED) is 0.462. The van der Waals surface area contributed by atoms with Gasteiger partial charge in [0.1, 0.15) is 35.0 Å². The Morgan fingerprint density at radius 3 is 2.75 bits per heavy atom. The lowest BCUT2D eigenvalue weighted by Gasteiger charge is -2.14. The molecule has 0 saturated heterocycles. The van der Waals surface area contributed by atoms with Crippen LogP contribution in [0.5, 0.6) is 11.5 Å². The Morgan fingerprint density at radius 2 is 1.94 bits per heavy atom. The molecule has 0 spiro atoms. The number of benzene rings is 3. The summed E-state index contributed by atoms with van der Waals surface area (Å²) in [4.78, 5) is 12.3. The number of carbonyl (C=O) groups excluding carboxylic acids is 1. The van der Waals surface area contributed by atoms with Crippen LogP contribution in [0.1, 0.15) is 15.9 Å². The number of anilines is 1. The van der Waals surface area contributed by atoms with Crippen LogP contribution >= 0.6 is 11.6 Å². The molecule has 0 aromatic heterocycles. The maximum atomic E-state index is 14.7. The molecule has 32 heavy (non-hydrogen) atoms. The van der Waals surface area contributed by atoms with E-state index < -0.39 is 40.4 Å². The van der Waals surface area contributed by atoms with Crippen molar-refractivity contribution in [2.24, 2.45) is 0 Å². The Balaban J connectivity index is 1.70. The van der Waals surface area contributed by atoms with E-state index in [0.29, 0.717) is 23.8 Å². The Morgan fingerprint density at radius 1 is 1.12 bits per heavy atom. The third-order valence-corrected chi connectivity index (χ3v) is 6.65. The van der Waals surface area contributed by atoms with Gasteiger partial charge < -0.3 is 14.6 Å². The lowest BCUT2D eigenvalue weighted by Crippen LogP contribution is -2.23. The van der Waals surface area contributed by atoms with E-state index in [-0.39, 0.29) is 33.3 Å². The minimum absolute atomic E-state index is 0.0336. The van der Waals surface area contributed by atoms with E-state index in [1.165, 1.54) is 12.1 Å². The van der Waals surface area contributed by atoms with Crippen LogP contribution in [0.25, 0.3) is 11.1 Å². The molecule has 2 aliphatic rings. The molecule has 5 rings (SSSR count). The van der Waals surface area contributed by atoms with Gasteiger partial charge in [-0.25, -0.2) is 17.8 Å². The summed E-state index contributed by atoms with van der Waals surface area (Å²) in [5.74, 6) is -2.72. The van der Waals surface area contributed by atoms with Crippen LogP contribution in [0.3, 0.4) is 0 Å². The number of phenols is 1. The van der Waals surface area contributed by atoms with Gasteiger partial charge in [0.25, 0.3) is 0 Å². The zero-order chi connectivity index (χ0) is 22.6. The molecule has 6 nitrogen and oxygen atoms in total. The number of nitrogens with one attached hydrogen (secondary N) is 1. The highest BCUT2D eigenvalue weighted by Crippen LogP contribution is 2.41. The van der Waals surface area contributed by atoms with Crippen molar-refractivity contribution < 1.29 is 32.4 Å². The van der Waals surface area contributed by atoms with E-state index in [4.69, 9.17) is 21.1 Å². The van der Waals surface area contributed by atoms with Gasteiger partial charge in [-0.3, -0.25) is 4.72 Å². The first kappa shape index (κ1) is 20.7. The largest absolute Gasteiger partial charge is 0.505 e. The number of hydrogen-bond donors (Lipinski definition) is 2. The normalized spacial score (nSPS) is 19.3. The topological polar surface area (TPSA) is 84.9 Å². The lowest BCUT2D eigenvalue weighted by atomic mass is 9.99. The third-order valence-electron chi connectivity index (χ3n) is 5.24. The molecular weight excluding hydrogens is 464 g/mol. The van der Waals surface area contributed by atoms with E-state index in [1.807, 2.05) is 6.07 Å². The fraction of sp³-hybridized carbons (Fsp3) is 0.136. The molecule has 0 saturated carbocycles. The van der Waals surface area contributed by atoms with E-state index in [9.17, 15) is 22.9 Å². The number of ether oxygens (including phenoxy) is 2. The Hall–Kier alpha value is -3.17. The van der Waals surface area contributed by atoms with Crippen molar-refractivity contribution in [1.29, 1.82) is 0 Å². The summed E-state index contributed by atoms with van der Waals surface area (Å²) in [7, 11) is -2.24. The van der Waals surface area contributed by atoms with Crippen molar-refractivity contribution in [2.45, 2.75) is 17.4 Å². The average molecular weight is 478 g/mol. The number of fused-ring (bicyclic) bond motifs is 6. The minimum atomic E-state index is -2.24. The summed E-state index contributed by atoms with van der Waals surface area (Å²) in [6.07, 6.45) is -0.0850. The number of carbonyl (C=O) groups is 1. The van der Waals surface area contributed by atoms with E-state index >= 15 is 0 Å². The molecule has 3 aromatic carbocycles. The number of hydrogen-bond acceptors (Lipinski definition) is 5. The standard InChI is InChI=1S/C22H14ClF2NO5S/c23-15-5-11-6-19(20(15)27)32(29)26-18-7-14(16(24)8-17(18)25)13-3-1-2-10-4-12(31-21(10)13)9-30-22(11)28/h1-3,5-8,12,26-27H,4,9H2. The number of halogens is 3. The molecule has 2 N–H and O–H groups in total. The first-order chi connectivity index (χ1) is 15.3. The van der Waals surface area contributed by atoms with Gasteiger partial charge in [0.2, 0.25) is 0 Å². The smallest absolute Gasteiger partial charge is 0.338 e. The summed E-state index contributed by atoms with van der Waals surface area (Å²) in [5, 5.41) is 10.0. The molecule has 3 aromatic rings. The van der Waals surface area contributed by atoms with Crippen LogP contribution in [0.15, 0.2) is 47.4 Å². The molecule has 0 radical (unpaired) electrons. The van der Waals surface area contributed by atoms with Gasteiger partial charge >= 0.3 is 5.97 Å². The van der Waals surface area contributed by atoms with Crippen LogP contribution in [-0.4, -0.2) is 28.0 Å². The Kier molecular flexibility index (Phi) is 5.02. The Labute approximate surface area is 188 Å². The summed E-state index contributed by atoms with van der Waals surface area (Å²) >= 11 is 6.00. The monoisotopic (exact) mass is 477 g/mol. The number of aromatic hydroxyl groups is 1. The fourth-order valence-corrected chi connectivity index (χ4v) is 4.98. The number of rotatable bonds is 0. The van der Waals surface area contributed by atoms with Crippen molar-refractivity contribution in [3.05, 3.63) is 70.2 Å². The maximum Gasteiger partial charge on any atom is 0.338 e. The van der Waals surface area contributed by atoms with E-state index in [0.717, 1.165) is 11.6 Å². The molecule has 0 fully saturated rings. The first-order valence-electron chi connectivity index (χ1n) is 9.48. The second-order valence-corrected chi connectivity index (χ2v) is 8.91. The Bertz CT molecular complexity index is 1320. The van der Waals surface area contributed by atoms with Gasteiger partial charge in [0, 0.05) is 23.6 Å². The van der Waals surface area contributed by atoms with Crippen molar-refractivity contribution in [3.8, 4) is 22.6 Å². The highest BCUT2D eigenvalue weighted by Gasteiger charge is 2.29. The lowest BCUT2D eigenvalue weighted by molar-refractivity contribution is 0.0347. The molecule has 2 aliphatic heterocycles. The van der Waals surface area contributed by atoms with Gasteiger partial charge in [0.15, 0.2) is 16.7 Å². The maximum absolute atomic E-state index is 14.7.